The number of alkyl halides is 3. The number of benzene rings is 1. The number of ether oxygens (including phenoxy) is 2. The van der Waals surface area contributed by atoms with Gasteiger partial charge in [0, 0.05) is 0 Å². The Bertz CT molecular complexity index is 660. The first-order chi connectivity index (χ1) is 12.3. The van der Waals surface area contributed by atoms with Crippen LogP contribution in [0.4, 0.5) is 4.79 Å². The van der Waals surface area contributed by atoms with Crippen LogP contribution >= 0.6 is 34.8 Å². The highest BCUT2D eigenvalue weighted by Gasteiger charge is 2.49. The molecule has 142 valence electrons. The molecule has 0 heterocycles. The number of esters is 1. The number of allylic oxidation sites excluding steroid dienone is 1. The predicted molar refractivity (Wildman–Crippen MR) is 102 cm³/mol. The maximum atomic E-state index is 12.9. The number of rotatable bonds is 5. The Hall–Kier alpha value is -1.43. The number of halogens is 3. The molecule has 0 fully saturated rings. The second-order valence-corrected chi connectivity index (χ2v) is 8.35. The molecule has 26 heavy (non-hydrogen) atoms. The minimum atomic E-state index is -1.71. The van der Waals surface area contributed by atoms with Crippen molar-refractivity contribution in [2.45, 2.75) is 35.0 Å². The molecule has 1 aromatic rings. The summed E-state index contributed by atoms with van der Waals surface area (Å²) < 4.78 is 8.57. The van der Waals surface area contributed by atoms with E-state index in [0.29, 0.717) is 12.8 Å². The molecule has 1 N–H and O–H groups in total. The van der Waals surface area contributed by atoms with Crippen LogP contribution in [0.5, 0.6) is 0 Å². The standard InChI is InChI=1S/C18H20Cl3NO4/c1-2-25-15(23)17(13-8-4-3-5-9-13)11-7-6-10-14(17)22-16(24)26-12-18(19,20)21/h3-6,8-10,14H,2,7,11-12H2,1H3,(H,22,24)/t14-,17+/m1/s1. The highest BCUT2D eigenvalue weighted by atomic mass is 35.6. The molecule has 2 rings (SSSR count). The Morgan fingerprint density at radius 3 is 2.54 bits per heavy atom. The first-order valence-corrected chi connectivity index (χ1v) is 9.32. The topological polar surface area (TPSA) is 64.6 Å². The van der Waals surface area contributed by atoms with E-state index in [0.717, 1.165) is 5.56 Å². The summed E-state index contributed by atoms with van der Waals surface area (Å²) in [7, 11) is 0. The molecule has 1 aromatic carbocycles. The second-order valence-electron chi connectivity index (χ2n) is 5.84. The van der Waals surface area contributed by atoms with Crippen LogP contribution in [0.1, 0.15) is 25.3 Å². The van der Waals surface area contributed by atoms with Crippen LogP contribution in [0.15, 0.2) is 42.5 Å². The molecule has 0 unspecified atom stereocenters. The lowest BCUT2D eigenvalue weighted by Gasteiger charge is -2.39. The van der Waals surface area contributed by atoms with E-state index >= 15 is 0 Å². The summed E-state index contributed by atoms with van der Waals surface area (Å²) in [6.45, 7) is 1.58. The van der Waals surface area contributed by atoms with Crippen LogP contribution < -0.4 is 5.32 Å². The van der Waals surface area contributed by atoms with Crippen molar-refractivity contribution in [2.75, 3.05) is 13.2 Å². The number of alkyl carbamates (subject to hydrolysis) is 1. The van der Waals surface area contributed by atoms with Gasteiger partial charge in [-0.05, 0) is 25.3 Å². The number of hydrogen-bond acceptors (Lipinski definition) is 4. The molecule has 0 bridgehead atoms. The summed E-state index contributed by atoms with van der Waals surface area (Å²) in [5.74, 6) is -0.401. The molecule has 8 heteroatoms. The molecule has 0 aliphatic heterocycles. The van der Waals surface area contributed by atoms with E-state index in [1.807, 2.05) is 36.4 Å². The average molecular weight is 421 g/mol. The predicted octanol–water partition coefficient (Wildman–Crippen LogP) is 4.30. The van der Waals surface area contributed by atoms with Crippen molar-refractivity contribution in [2.24, 2.45) is 0 Å². The van der Waals surface area contributed by atoms with Gasteiger partial charge in [0.05, 0.1) is 12.6 Å². The summed E-state index contributed by atoms with van der Waals surface area (Å²) in [5, 5.41) is 2.70. The first kappa shape index (κ1) is 20.9. The fourth-order valence-corrected chi connectivity index (χ4v) is 3.18. The third kappa shape index (κ3) is 5.06. The lowest BCUT2D eigenvalue weighted by molar-refractivity contribution is -0.151. The molecule has 0 radical (unpaired) electrons. The number of hydrogen-bond donors (Lipinski definition) is 1. The van der Waals surface area contributed by atoms with Gasteiger partial charge in [0.2, 0.25) is 3.79 Å². The van der Waals surface area contributed by atoms with Crippen molar-refractivity contribution in [1.82, 2.24) is 5.32 Å². The minimum absolute atomic E-state index is 0.238. The van der Waals surface area contributed by atoms with Gasteiger partial charge >= 0.3 is 12.1 Å². The molecule has 0 aromatic heterocycles. The molecule has 0 saturated heterocycles. The number of amides is 1. The van der Waals surface area contributed by atoms with Gasteiger partial charge in [0.15, 0.2) is 0 Å². The normalized spacial score (nSPS) is 22.5. The monoisotopic (exact) mass is 419 g/mol. The van der Waals surface area contributed by atoms with Crippen molar-refractivity contribution < 1.29 is 19.1 Å². The Labute approximate surface area is 167 Å². The van der Waals surface area contributed by atoms with Crippen molar-refractivity contribution >= 4 is 46.9 Å². The zero-order valence-electron chi connectivity index (χ0n) is 14.2. The third-order valence-electron chi connectivity index (χ3n) is 4.13. The summed E-state index contributed by atoms with van der Waals surface area (Å²) in [6.07, 6.45) is 4.05. The van der Waals surface area contributed by atoms with Crippen molar-refractivity contribution in [3.05, 3.63) is 48.0 Å². The fraction of sp³-hybridized carbons (Fsp3) is 0.444. The second kappa shape index (κ2) is 8.98. The average Bonchev–Trinajstić information content (AvgIpc) is 2.61. The van der Waals surface area contributed by atoms with Gasteiger partial charge in [-0.25, -0.2) is 4.79 Å². The van der Waals surface area contributed by atoms with Crippen LogP contribution in [0.2, 0.25) is 0 Å². The van der Waals surface area contributed by atoms with Crippen LogP contribution in [0, 0.1) is 0 Å². The molecular weight excluding hydrogens is 401 g/mol. The van der Waals surface area contributed by atoms with Crippen molar-refractivity contribution in [3.63, 3.8) is 0 Å². The Morgan fingerprint density at radius 1 is 1.23 bits per heavy atom. The van der Waals surface area contributed by atoms with Gasteiger partial charge in [-0.2, -0.15) is 0 Å². The van der Waals surface area contributed by atoms with Gasteiger partial charge in [0.1, 0.15) is 12.0 Å². The molecular formula is C18H20Cl3NO4. The van der Waals surface area contributed by atoms with Crippen molar-refractivity contribution in [1.29, 1.82) is 0 Å². The number of carbonyl (C=O) groups excluding carboxylic acids is 2. The lowest BCUT2D eigenvalue weighted by atomic mass is 9.68. The van der Waals surface area contributed by atoms with E-state index in [1.165, 1.54) is 0 Å². The third-order valence-corrected chi connectivity index (χ3v) is 4.46. The van der Waals surface area contributed by atoms with E-state index < -0.39 is 33.9 Å². The summed E-state index contributed by atoms with van der Waals surface area (Å²) >= 11 is 16.8. The largest absolute Gasteiger partial charge is 0.465 e. The van der Waals surface area contributed by atoms with E-state index in [4.69, 9.17) is 44.3 Å². The SMILES string of the molecule is CCOC(=O)[C@]1(c2ccccc2)CCC=C[C@H]1NC(=O)OCC(Cl)(Cl)Cl. The summed E-state index contributed by atoms with van der Waals surface area (Å²) in [6, 6.07) is 8.58. The summed E-state index contributed by atoms with van der Waals surface area (Å²) in [5.41, 5.74) is -0.292. The first-order valence-electron chi connectivity index (χ1n) is 8.19. The fourth-order valence-electron chi connectivity index (χ4n) is 3.02. The minimum Gasteiger partial charge on any atom is -0.465 e. The number of carbonyl (C=O) groups is 2. The summed E-state index contributed by atoms with van der Waals surface area (Å²) in [4.78, 5) is 25.1. The Morgan fingerprint density at radius 2 is 1.92 bits per heavy atom. The smallest absolute Gasteiger partial charge is 0.407 e. The molecule has 1 amide bonds. The maximum Gasteiger partial charge on any atom is 0.407 e. The quantitative estimate of drug-likeness (QED) is 0.438. The van der Waals surface area contributed by atoms with Gasteiger partial charge in [-0.1, -0.05) is 77.3 Å². The highest BCUT2D eigenvalue weighted by Crippen LogP contribution is 2.38. The zero-order valence-corrected chi connectivity index (χ0v) is 16.5. The van der Waals surface area contributed by atoms with Gasteiger partial charge in [-0.15, -0.1) is 0 Å². The van der Waals surface area contributed by atoms with E-state index in [1.54, 1.807) is 13.0 Å². The molecule has 1 aliphatic rings. The van der Waals surface area contributed by atoms with Crippen LogP contribution in [0.25, 0.3) is 0 Å². The van der Waals surface area contributed by atoms with Gasteiger partial charge < -0.3 is 14.8 Å². The van der Waals surface area contributed by atoms with E-state index in [-0.39, 0.29) is 6.61 Å². The van der Waals surface area contributed by atoms with Crippen LogP contribution in [-0.4, -0.2) is 35.1 Å². The van der Waals surface area contributed by atoms with Crippen molar-refractivity contribution in [3.8, 4) is 0 Å². The Kier molecular flexibility index (Phi) is 7.21. The lowest BCUT2D eigenvalue weighted by Crippen LogP contribution is -2.56. The van der Waals surface area contributed by atoms with Gasteiger partial charge in [0.25, 0.3) is 0 Å². The maximum absolute atomic E-state index is 12.9. The molecule has 2 atom stereocenters. The van der Waals surface area contributed by atoms with Gasteiger partial charge in [-0.3, -0.25) is 4.79 Å². The molecule has 1 aliphatic carbocycles. The Balaban J connectivity index is 2.31. The van der Waals surface area contributed by atoms with E-state index in [2.05, 4.69) is 5.32 Å². The zero-order chi connectivity index (χ0) is 19.2. The van der Waals surface area contributed by atoms with Crippen LogP contribution in [-0.2, 0) is 19.7 Å². The van der Waals surface area contributed by atoms with Crippen LogP contribution in [0.3, 0.4) is 0 Å². The van der Waals surface area contributed by atoms with E-state index in [9.17, 15) is 9.59 Å². The molecule has 0 spiro atoms. The molecule has 0 saturated carbocycles. The molecule has 5 nitrogen and oxygen atoms in total. The highest BCUT2D eigenvalue weighted by molar-refractivity contribution is 6.67. The number of nitrogens with one attached hydrogen (secondary N) is 1.